The first-order valence-electron chi connectivity index (χ1n) is 5.99. The highest BCUT2D eigenvalue weighted by Gasteiger charge is 2.09. The molecule has 1 amide bonds. The van der Waals surface area contributed by atoms with Crippen molar-refractivity contribution < 1.29 is 4.79 Å². The Morgan fingerprint density at radius 2 is 2.11 bits per heavy atom. The zero-order chi connectivity index (χ0) is 13.7. The summed E-state index contributed by atoms with van der Waals surface area (Å²) in [6.07, 6.45) is 4.61. The minimum atomic E-state index is -0.307. The molecule has 2 N–H and O–H groups in total. The lowest BCUT2D eigenvalue weighted by atomic mass is 10.3. The van der Waals surface area contributed by atoms with Gasteiger partial charge in [-0.15, -0.1) is 0 Å². The van der Waals surface area contributed by atoms with Gasteiger partial charge in [-0.3, -0.25) is 14.8 Å². The highest BCUT2D eigenvalue weighted by molar-refractivity contribution is 6.02. The molecule has 0 saturated carbocycles. The van der Waals surface area contributed by atoms with Gasteiger partial charge >= 0.3 is 0 Å². The molecular formula is C13H15N5O. The van der Waals surface area contributed by atoms with E-state index in [2.05, 4.69) is 25.6 Å². The molecule has 0 radical (unpaired) electrons. The Balaban J connectivity index is 2.11. The highest BCUT2D eigenvalue weighted by atomic mass is 16.1. The van der Waals surface area contributed by atoms with Gasteiger partial charge in [-0.2, -0.15) is 0 Å². The molecule has 2 aromatic rings. The monoisotopic (exact) mass is 257 g/mol. The van der Waals surface area contributed by atoms with Crippen molar-refractivity contribution in [2.45, 2.75) is 13.8 Å². The number of hydrogen-bond acceptors (Lipinski definition) is 5. The number of carbonyl (C=O) groups excluding carboxylic acids is 1. The van der Waals surface area contributed by atoms with Crippen molar-refractivity contribution in [1.82, 2.24) is 15.0 Å². The van der Waals surface area contributed by atoms with Crippen molar-refractivity contribution in [2.24, 2.45) is 0 Å². The van der Waals surface area contributed by atoms with Gasteiger partial charge in [0.2, 0.25) is 0 Å². The lowest BCUT2D eigenvalue weighted by Crippen LogP contribution is -2.15. The molecular weight excluding hydrogens is 242 g/mol. The number of pyridine rings is 1. The van der Waals surface area contributed by atoms with Gasteiger partial charge in [-0.05, 0) is 26.0 Å². The van der Waals surface area contributed by atoms with E-state index in [1.807, 2.05) is 19.9 Å². The van der Waals surface area contributed by atoms with E-state index in [4.69, 9.17) is 0 Å². The molecule has 19 heavy (non-hydrogen) atoms. The Bertz CT molecular complexity index is 568. The van der Waals surface area contributed by atoms with Crippen LogP contribution in [0.4, 0.5) is 11.5 Å². The second-order valence-corrected chi connectivity index (χ2v) is 3.96. The van der Waals surface area contributed by atoms with Crippen LogP contribution in [-0.4, -0.2) is 27.4 Å². The van der Waals surface area contributed by atoms with Gasteiger partial charge in [0.05, 0.1) is 24.3 Å². The predicted molar refractivity (Wildman–Crippen MR) is 73.1 cm³/mol. The fourth-order valence-electron chi connectivity index (χ4n) is 1.48. The summed E-state index contributed by atoms with van der Waals surface area (Å²) in [6.45, 7) is 4.56. The Labute approximate surface area is 111 Å². The summed E-state index contributed by atoms with van der Waals surface area (Å²) in [5.41, 5.74) is 1.79. The van der Waals surface area contributed by atoms with Crippen molar-refractivity contribution in [3.05, 3.63) is 42.1 Å². The summed E-state index contributed by atoms with van der Waals surface area (Å²) < 4.78 is 0. The fourth-order valence-corrected chi connectivity index (χ4v) is 1.48. The normalized spacial score (nSPS) is 10.0. The standard InChI is InChI=1S/C13H15N5O/c1-3-15-12-8-14-7-11(18-12)13(19)17-10-5-4-9(2)16-6-10/h4-8H,3H2,1-2H3,(H,15,18)(H,17,19). The van der Waals surface area contributed by atoms with Gasteiger partial charge in [0.15, 0.2) is 0 Å². The number of aryl methyl sites for hydroxylation is 1. The van der Waals surface area contributed by atoms with E-state index in [9.17, 15) is 4.79 Å². The first kappa shape index (κ1) is 12.9. The minimum Gasteiger partial charge on any atom is -0.369 e. The Kier molecular flexibility index (Phi) is 4.02. The Hall–Kier alpha value is -2.50. The first-order chi connectivity index (χ1) is 9.19. The summed E-state index contributed by atoms with van der Waals surface area (Å²) >= 11 is 0. The predicted octanol–water partition coefficient (Wildman–Crippen LogP) is 1.86. The smallest absolute Gasteiger partial charge is 0.275 e. The molecule has 0 aliphatic rings. The summed E-state index contributed by atoms with van der Waals surface area (Å²) in [6, 6.07) is 3.62. The first-order valence-corrected chi connectivity index (χ1v) is 5.99. The average Bonchev–Trinajstić information content (AvgIpc) is 2.42. The van der Waals surface area contributed by atoms with E-state index in [-0.39, 0.29) is 11.6 Å². The molecule has 98 valence electrons. The van der Waals surface area contributed by atoms with E-state index in [1.165, 1.54) is 6.20 Å². The van der Waals surface area contributed by atoms with E-state index in [0.29, 0.717) is 11.5 Å². The molecule has 0 spiro atoms. The van der Waals surface area contributed by atoms with Crippen molar-refractivity contribution in [3.63, 3.8) is 0 Å². The SMILES string of the molecule is CCNc1cncc(C(=O)Nc2ccc(C)nc2)n1. The molecule has 0 fully saturated rings. The van der Waals surface area contributed by atoms with Crippen LogP contribution in [0.25, 0.3) is 0 Å². The molecule has 0 saturated heterocycles. The third-order valence-corrected chi connectivity index (χ3v) is 2.39. The molecule has 2 heterocycles. The minimum absolute atomic E-state index is 0.263. The number of carbonyl (C=O) groups is 1. The maximum absolute atomic E-state index is 12.0. The summed E-state index contributed by atoms with van der Waals surface area (Å²) in [4.78, 5) is 24.2. The van der Waals surface area contributed by atoms with E-state index >= 15 is 0 Å². The van der Waals surface area contributed by atoms with E-state index < -0.39 is 0 Å². The second-order valence-electron chi connectivity index (χ2n) is 3.96. The van der Waals surface area contributed by atoms with Gasteiger partial charge in [0.25, 0.3) is 5.91 Å². The van der Waals surface area contributed by atoms with Crippen molar-refractivity contribution in [1.29, 1.82) is 0 Å². The quantitative estimate of drug-likeness (QED) is 0.874. The molecule has 0 aliphatic carbocycles. The molecule has 0 aromatic carbocycles. The maximum atomic E-state index is 12.0. The van der Waals surface area contributed by atoms with Gasteiger partial charge in [0.1, 0.15) is 11.5 Å². The van der Waals surface area contributed by atoms with Gasteiger partial charge in [-0.25, -0.2) is 4.98 Å². The van der Waals surface area contributed by atoms with Crippen LogP contribution < -0.4 is 10.6 Å². The topological polar surface area (TPSA) is 79.8 Å². The van der Waals surface area contributed by atoms with Gasteiger partial charge in [0, 0.05) is 12.2 Å². The number of nitrogens with zero attached hydrogens (tertiary/aromatic N) is 3. The maximum Gasteiger partial charge on any atom is 0.275 e. The largest absolute Gasteiger partial charge is 0.369 e. The van der Waals surface area contributed by atoms with Gasteiger partial charge < -0.3 is 10.6 Å². The van der Waals surface area contributed by atoms with Crippen LogP contribution >= 0.6 is 0 Å². The number of hydrogen-bond donors (Lipinski definition) is 2. The van der Waals surface area contributed by atoms with Gasteiger partial charge in [-0.1, -0.05) is 0 Å². The molecule has 0 atom stereocenters. The zero-order valence-electron chi connectivity index (χ0n) is 10.8. The number of anilines is 2. The molecule has 2 rings (SSSR count). The van der Waals surface area contributed by atoms with Crippen LogP contribution in [0.15, 0.2) is 30.7 Å². The molecule has 2 aromatic heterocycles. The summed E-state index contributed by atoms with van der Waals surface area (Å²) in [7, 11) is 0. The zero-order valence-corrected chi connectivity index (χ0v) is 10.8. The molecule has 0 unspecified atom stereocenters. The summed E-state index contributed by atoms with van der Waals surface area (Å²) in [5, 5.41) is 5.73. The number of amides is 1. The van der Waals surface area contributed by atoms with Crippen molar-refractivity contribution in [3.8, 4) is 0 Å². The molecule has 0 bridgehead atoms. The van der Waals surface area contributed by atoms with Crippen molar-refractivity contribution >= 4 is 17.4 Å². The van der Waals surface area contributed by atoms with Crippen LogP contribution in [-0.2, 0) is 0 Å². The van der Waals surface area contributed by atoms with Crippen molar-refractivity contribution in [2.75, 3.05) is 17.2 Å². The number of nitrogens with one attached hydrogen (secondary N) is 2. The molecule has 0 aliphatic heterocycles. The molecule has 6 nitrogen and oxygen atoms in total. The van der Waals surface area contributed by atoms with Crippen LogP contribution in [0.5, 0.6) is 0 Å². The lowest BCUT2D eigenvalue weighted by Gasteiger charge is -2.06. The Morgan fingerprint density at radius 1 is 1.26 bits per heavy atom. The van der Waals surface area contributed by atoms with Crippen LogP contribution in [0.2, 0.25) is 0 Å². The van der Waals surface area contributed by atoms with E-state index in [1.54, 1.807) is 18.5 Å². The second kappa shape index (κ2) is 5.90. The molecule has 6 heteroatoms. The third-order valence-electron chi connectivity index (χ3n) is 2.39. The van der Waals surface area contributed by atoms with E-state index in [0.717, 1.165) is 12.2 Å². The Morgan fingerprint density at radius 3 is 2.79 bits per heavy atom. The van der Waals surface area contributed by atoms with Crippen LogP contribution in [0.3, 0.4) is 0 Å². The van der Waals surface area contributed by atoms with Crippen LogP contribution in [0.1, 0.15) is 23.1 Å². The number of aromatic nitrogens is 3. The van der Waals surface area contributed by atoms with Crippen LogP contribution in [0, 0.1) is 6.92 Å². The lowest BCUT2D eigenvalue weighted by molar-refractivity contribution is 0.102. The summed E-state index contributed by atoms with van der Waals surface area (Å²) in [5.74, 6) is 0.273. The fraction of sp³-hybridized carbons (Fsp3) is 0.231. The highest BCUT2D eigenvalue weighted by Crippen LogP contribution is 2.08. The third kappa shape index (κ3) is 3.48. The number of rotatable bonds is 4. The average molecular weight is 257 g/mol.